The number of hydrogen-bond acceptors (Lipinski definition) is 4. The molecule has 1 N–H and O–H groups in total. The lowest BCUT2D eigenvalue weighted by Crippen LogP contribution is -2.48. The van der Waals surface area contributed by atoms with E-state index in [0.29, 0.717) is 26.2 Å². The molecule has 0 aromatic heterocycles. The number of amides is 2. The fraction of sp³-hybridized carbons (Fsp3) is 0.556. The van der Waals surface area contributed by atoms with E-state index in [4.69, 9.17) is 4.74 Å². The van der Waals surface area contributed by atoms with Crippen molar-refractivity contribution < 1.29 is 14.3 Å². The summed E-state index contributed by atoms with van der Waals surface area (Å²) in [4.78, 5) is 27.5. The van der Waals surface area contributed by atoms with E-state index in [1.54, 1.807) is 11.8 Å². The lowest BCUT2D eigenvalue weighted by atomic mass is 10.1. The van der Waals surface area contributed by atoms with Crippen LogP contribution in [0.2, 0.25) is 0 Å². The summed E-state index contributed by atoms with van der Waals surface area (Å²) in [5.41, 5.74) is 1.19. The Bertz CT molecular complexity index is 528. The smallest absolute Gasteiger partial charge is 0.409 e. The minimum absolute atomic E-state index is 0.0306. The van der Waals surface area contributed by atoms with Crippen LogP contribution in [0.5, 0.6) is 0 Å². The molecule has 0 spiro atoms. The summed E-state index contributed by atoms with van der Waals surface area (Å²) in [7, 11) is 1.94. The third-order valence-electron chi connectivity index (χ3n) is 4.09. The molecular formula is C18H27N3O3. The Hall–Kier alpha value is -2.08. The van der Waals surface area contributed by atoms with E-state index < -0.39 is 0 Å². The Balaban J connectivity index is 1.69. The Morgan fingerprint density at radius 3 is 2.54 bits per heavy atom. The zero-order valence-electron chi connectivity index (χ0n) is 14.5. The summed E-state index contributed by atoms with van der Waals surface area (Å²) >= 11 is 0. The van der Waals surface area contributed by atoms with Crippen LogP contribution in [0.25, 0.3) is 0 Å². The quantitative estimate of drug-likeness (QED) is 0.863. The first-order valence-electron chi connectivity index (χ1n) is 8.52. The predicted molar refractivity (Wildman–Crippen MR) is 92.5 cm³/mol. The number of nitrogens with zero attached hydrogens (tertiary/aromatic N) is 2. The molecule has 1 fully saturated rings. The van der Waals surface area contributed by atoms with Gasteiger partial charge in [0, 0.05) is 25.7 Å². The lowest BCUT2D eigenvalue weighted by molar-refractivity contribution is -0.123. The molecule has 6 heteroatoms. The molecule has 6 nitrogen and oxygen atoms in total. The van der Waals surface area contributed by atoms with Crippen molar-refractivity contribution in [1.29, 1.82) is 0 Å². The molecule has 1 aromatic carbocycles. The average molecular weight is 333 g/mol. The number of rotatable bonds is 6. The fourth-order valence-corrected chi connectivity index (χ4v) is 2.89. The molecule has 1 aliphatic rings. The van der Waals surface area contributed by atoms with E-state index in [1.807, 2.05) is 30.1 Å². The molecule has 0 atom stereocenters. The first kappa shape index (κ1) is 18.3. The van der Waals surface area contributed by atoms with Crippen molar-refractivity contribution in [1.82, 2.24) is 15.1 Å². The van der Waals surface area contributed by atoms with Crippen LogP contribution < -0.4 is 5.32 Å². The maximum absolute atomic E-state index is 12.2. The van der Waals surface area contributed by atoms with Crippen molar-refractivity contribution in [3.05, 3.63) is 35.9 Å². The van der Waals surface area contributed by atoms with Gasteiger partial charge in [0.1, 0.15) is 0 Å². The summed E-state index contributed by atoms with van der Waals surface area (Å²) in [6, 6.07) is 10.2. The third kappa shape index (κ3) is 5.85. The van der Waals surface area contributed by atoms with Crippen molar-refractivity contribution >= 4 is 12.0 Å². The predicted octanol–water partition coefficient (Wildman–Crippen LogP) is 1.86. The summed E-state index contributed by atoms with van der Waals surface area (Å²) in [5, 5.41) is 3.07. The molecule has 1 heterocycles. The molecule has 0 saturated carbocycles. The van der Waals surface area contributed by atoms with Gasteiger partial charge >= 0.3 is 6.09 Å². The molecule has 2 rings (SSSR count). The lowest BCUT2D eigenvalue weighted by Gasteiger charge is -2.32. The van der Waals surface area contributed by atoms with Gasteiger partial charge in [-0.2, -0.15) is 0 Å². The molecular weight excluding hydrogens is 306 g/mol. The van der Waals surface area contributed by atoms with Gasteiger partial charge < -0.3 is 15.0 Å². The first-order chi connectivity index (χ1) is 11.6. The second-order valence-corrected chi connectivity index (χ2v) is 6.19. The third-order valence-corrected chi connectivity index (χ3v) is 4.09. The monoisotopic (exact) mass is 333 g/mol. The molecule has 0 unspecified atom stereocenters. The van der Waals surface area contributed by atoms with Gasteiger partial charge in [-0.1, -0.05) is 30.3 Å². The highest BCUT2D eigenvalue weighted by Gasteiger charge is 2.24. The van der Waals surface area contributed by atoms with Crippen LogP contribution in [0, 0.1) is 0 Å². The molecule has 0 aliphatic carbocycles. The Labute approximate surface area is 143 Å². The second kappa shape index (κ2) is 9.27. The van der Waals surface area contributed by atoms with Gasteiger partial charge in [-0.3, -0.25) is 9.69 Å². The number of carbonyl (C=O) groups is 2. The molecule has 1 saturated heterocycles. The van der Waals surface area contributed by atoms with Gasteiger partial charge in [0.05, 0.1) is 13.2 Å². The van der Waals surface area contributed by atoms with Crippen LogP contribution in [0.3, 0.4) is 0 Å². The van der Waals surface area contributed by atoms with E-state index in [1.165, 1.54) is 5.56 Å². The minimum atomic E-state index is -0.259. The van der Waals surface area contributed by atoms with Crippen molar-refractivity contribution in [3.8, 4) is 0 Å². The number of likely N-dealkylation sites (N-methyl/N-ethyl adjacent to an activating group) is 1. The van der Waals surface area contributed by atoms with Crippen LogP contribution in [0.1, 0.15) is 25.3 Å². The van der Waals surface area contributed by atoms with Gasteiger partial charge in [0.25, 0.3) is 0 Å². The van der Waals surface area contributed by atoms with E-state index in [2.05, 4.69) is 17.4 Å². The number of carbonyl (C=O) groups excluding carboxylic acids is 2. The van der Waals surface area contributed by atoms with E-state index in [0.717, 1.165) is 19.4 Å². The van der Waals surface area contributed by atoms with Gasteiger partial charge in [-0.15, -0.1) is 0 Å². The van der Waals surface area contributed by atoms with Crippen LogP contribution >= 0.6 is 0 Å². The number of piperidine rings is 1. The first-order valence-corrected chi connectivity index (χ1v) is 8.52. The summed E-state index contributed by atoms with van der Waals surface area (Å²) in [5.74, 6) is 0.0306. The number of likely N-dealkylation sites (tertiary alicyclic amines) is 1. The standard InChI is InChI=1S/C18H27N3O3/c1-3-24-18(23)21-11-9-16(10-12-21)19-17(22)14-20(2)13-15-7-5-4-6-8-15/h4-8,16H,3,9-14H2,1-2H3,(H,19,22). The van der Waals surface area contributed by atoms with Crippen molar-refractivity contribution in [2.75, 3.05) is 33.3 Å². The molecule has 1 aliphatic heterocycles. The summed E-state index contributed by atoms with van der Waals surface area (Å²) in [6.45, 7) is 4.57. The fourth-order valence-electron chi connectivity index (χ4n) is 2.89. The van der Waals surface area contributed by atoms with Crippen LogP contribution in [0.15, 0.2) is 30.3 Å². The van der Waals surface area contributed by atoms with E-state index >= 15 is 0 Å². The molecule has 0 bridgehead atoms. The number of hydrogen-bond donors (Lipinski definition) is 1. The van der Waals surface area contributed by atoms with Gasteiger partial charge in [-0.25, -0.2) is 4.79 Å². The van der Waals surface area contributed by atoms with Crippen LogP contribution in [-0.2, 0) is 16.1 Å². The van der Waals surface area contributed by atoms with Crippen molar-refractivity contribution in [3.63, 3.8) is 0 Å². The molecule has 1 aromatic rings. The largest absolute Gasteiger partial charge is 0.450 e. The average Bonchev–Trinajstić information content (AvgIpc) is 2.56. The van der Waals surface area contributed by atoms with Gasteiger partial charge in [0.15, 0.2) is 0 Å². The number of nitrogens with one attached hydrogen (secondary N) is 1. The zero-order chi connectivity index (χ0) is 17.4. The Kier molecular flexibility index (Phi) is 7.06. The highest BCUT2D eigenvalue weighted by atomic mass is 16.6. The molecule has 0 radical (unpaired) electrons. The van der Waals surface area contributed by atoms with Crippen molar-refractivity contribution in [2.24, 2.45) is 0 Å². The molecule has 132 valence electrons. The van der Waals surface area contributed by atoms with Gasteiger partial charge in [-0.05, 0) is 32.4 Å². The normalized spacial score (nSPS) is 15.4. The number of benzene rings is 1. The molecule has 2 amide bonds. The van der Waals surface area contributed by atoms with Crippen LogP contribution in [0.4, 0.5) is 4.79 Å². The zero-order valence-corrected chi connectivity index (χ0v) is 14.5. The van der Waals surface area contributed by atoms with Crippen LogP contribution in [-0.4, -0.2) is 61.1 Å². The topological polar surface area (TPSA) is 61.9 Å². The van der Waals surface area contributed by atoms with E-state index in [-0.39, 0.29) is 18.0 Å². The van der Waals surface area contributed by atoms with Crippen molar-refractivity contribution in [2.45, 2.75) is 32.4 Å². The Morgan fingerprint density at radius 1 is 1.25 bits per heavy atom. The summed E-state index contributed by atoms with van der Waals surface area (Å²) in [6.07, 6.45) is 1.28. The summed E-state index contributed by atoms with van der Waals surface area (Å²) < 4.78 is 5.00. The Morgan fingerprint density at radius 2 is 1.92 bits per heavy atom. The second-order valence-electron chi connectivity index (χ2n) is 6.19. The molecule has 24 heavy (non-hydrogen) atoms. The SMILES string of the molecule is CCOC(=O)N1CCC(NC(=O)CN(C)Cc2ccccc2)CC1. The minimum Gasteiger partial charge on any atom is -0.450 e. The highest BCUT2D eigenvalue weighted by Crippen LogP contribution is 2.11. The maximum Gasteiger partial charge on any atom is 0.409 e. The van der Waals surface area contributed by atoms with E-state index in [9.17, 15) is 9.59 Å². The highest BCUT2D eigenvalue weighted by molar-refractivity contribution is 5.78. The maximum atomic E-state index is 12.2. The number of ether oxygens (including phenoxy) is 1. The van der Waals surface area contributed by atoms with Gasteiger partial charge in [0.2, 0.25) is 5.91 Å².